The Balaban J connectivity index is 1.99. The number of carbonyl (C=O) groups is 2. The maximum absolute atomic E-state index is 12.0. The minimum Gasteiger partial charge on any atom is -0.450 e. The van der Waals surface area contributed by atoms with Gasteiger partial charge in [-0.15, -0.1) is 0 Å². The lowest BCUT2D eigenvalue weighted by molar-refractivity contribution is 0.0921. The van der Waals surface area contributed by atoms with E-state index < -0.39 is 17.6 Å². The molecule has 2 amide bonds. The van der Waals surface area contributed by atoms with E-state index in [0.717, 1.165) is 11.1 Å². The minimum absolute atomic E-state index is 0.120. The maximum atomic E-state index is 12.0. The molecule has 0 radical (unpaired) electrons. The largest absolute Gasteiger partial charge is 0.450 e. The number of alkyl carbamates (subject to hydrolysis) is 1. The average Bonchev–Trinajstić information content (AvgIpc) is 3.08. The lowest BCUT2D eigenvalue weighted by Crippen LogP contribution is -2.33. The molecule has 3 aromatic rings. The van der Waals surface area contributed by atoms with Crippen LogP contribution < -0.4 is 10.9 Å². The van der Waals surface area contributed by atoms with Crippen LogP contribution in [0.4, 0.5) is 4.79 Å². The van der Waals surface area contributed by atoms with Gasteiger partial charge in [-0.3, -0.25) is 10.1 Å². The molecule has 0 saturated carbocycles. The molecule has 0 unspecified atom stereocenters. The second-order valence-corrected chi connectivity index (χ2v) is 5.67. The number of rotatable bonds is 3. The monoisotopic (exact) mass is 343 g/mol. The fourth-order valence-electron chi connectivity index (χ4n) is 2.22. The first-order valence-electron chi connectivity index (χ1n) is 7.17. The molecule has 6 nitrogen and oxygen atoms in total. The Morgan fingerprint density at radius 3 is 2.75 bits per heavy atom. The SMILES string of the molecule is CCOC(=O)NC(=O)c1cc2cc(-c3ccsc3)ccc2oc1=O. The van der Waals surface area contributed by atoms with E-state index in [1.807, 2.05) is 34.3 Å². The van der Waals surface area contributed by atoms with Crippen molar-refractivity contribution in [2.75, 3.05) is 6.61 Å². The first-order valence-corrected chi connectivity index (χ1v) is 8.11. The number of ether oxygens (including phenoxy) is 1. The van der Waals surface area contributed by atoms with Gasteiger partial charge in [0, 0.05) is 5.39 Å². The molecule has 1 aromatic carbocycles. The Labute approximate surface area is 140 Å². The number of benzene rings is 1. The van der Waals surface area contributed by atoms with Crippen molar-refractivity contribution < 1.29 is 18.7 Å². The van der Waals surface area contributed by atoms with Crippen LogP contribution in [-0.2, 0) is 4.74 Å². The molecule has 0 aliphatic rings. The highest BCUT2D eigenvalue weighted by molar-refractivity contribution is 7.08. The summed E-state index contributed by atoms with van der Waals surface area (Å²) in [5.74, 6) is -0.856. The highest BCUT2D eigenvalue weighted by Crippen LogP contribution is 2.26. The van der Waals surface area contributed by atoms with Crippen LogP contribution in [-0.4, -0.2) is 18.6 Å². The van der Waals surface area contributed by atoms with Crippen molar-refractivity contribution in [3.8, 4) is 11.1 Å². The van der Waals surface area contributed by atoms with E-state index in [1.54, 1.807) is 24.3 Å². The minimum atomic E-state index is -0.908. The Bertz CT molecular complexity index is 959. The van der Waals surface area contributed by atoms with E-state index in [9.17, 15) is 14.4 Å². The zero-order valence-electron chi connectivity index (χ0n) is 12.7. The molecule has 0 spiro atoms. The van der Waals surface area contributed by atoms with E-state index in [1.165, 1.54) is 6.07 Å². The highest BCUT2D eigenvalue weighted by atomic mass is 32.1. The van der Waals surface area contributed by atoms with Gasteiger partial charge < -0.3 is 9.15 Å². The van der Waals surface area contributed by atoms with Crippen molar-refractivity contribution in [1.82, 2.24) is 5.32 Å². The van der Waals surface area contributed by atoms with Crippen molar-refractivity contribution >= 4 is 34.3 Å². The van der Waals surface area contributed by atoms with Crippen LogP contribution in [0.15, 0.2) is 50.3 Å². The number of thiophene rings is 1. The summed E-state index contributed by atoms with van der Waals surface area (Å²) in [5, 5.41) is 6.53. The van der Waals surface area contributed by atoms with Gasteiger partial charge >= 0.3 is 11.7 Å². The summed E-state index contributed by atoms with van der Waals surface area (Å²) in [4.78, 5) is 35.3. The fraction of sp³-hybridized carbons (Fsp3) is 0.118. The standard InChI is InChI=1S/C17H13NO5S/c1-2-22-17(21)18-15(19)13-8-12-7-10(11-5-6-24-9-11)3-4-14(12)23-16(13)20/h3-9H,2H2,1H3,(H,18,19,21). The molecule has 2 aromatic heterocycles. The normalized spacial score (nSPS) is 10.5. The van der Waals surface area contributed by atoms with Crippen LogP contribution in [0.1, 0.15) is 17.3 Å². The molecule has 1 N–H and O–H groups in total. The summed E-state index contributed by atoms with van der Waals surface area (Å²) in [6.45, 7) is 1.73. The number of carbonyl (C=O) groups excluding carboxylic acids is 2. The van der Waals surface area contributed by atoms with Crippen molar-refractivity contribution in [3.63, 3.8) is 0 Å². The second kappa shape index (κ2) is 6.67. The summed E-state index contributed by atoms with van der Waals surface area (Å²) >= 11 is 1.57. The second-order valence-electron chi connectivity index (χ2n) is 4.89. The fourth-order valence-corrected chi connectivity index (χ4v) is 2.88. The molecule has 0 aliphatic heterocycles. The van der Waals surface area contributed by atoms with Crippen LogP contribution in [0.2, 0.25) is 0 Å². The number of imide groups is 1. The quantitative estimate of drug-likeness (QED) is 0.737. The number of nitrogens with one attached hydrogen (secondary N) is 1. The third-order valence-corrected chi connectivity index (χ3v) is 4.01. The molecule has 24 heavy (non-hydrogen) atoms. The van der Waals surface area contributed by atoms with Crippen molar-refractivity contribution in [2.24, 2.45) is 0 Å². The smallest absolute Gasteiger partial charge is 0.414 e. The summed E-state index contributed by atoms with van der Waals surface area (Å²) in [7, 11) is 0. The number of hydrogen-bond donors (Lipinski definition) is 1. The van der Waals surface area contributed by atoms with E-state index in [-0.39, 0.29) is 12.2 Å². The first-order chi connectivity index (χ1) is 11.6. The van der Waals surface area contributed by atoms with Gasteiger partial charge in [-0.05, 0) is 53.1 Å². The molecule has 0 saturated heterocycles. The van der Waals surface area contributed by atoms with Crippen LogP contribution in [0.25, 0.3) is 22.1 Å². The van der Waals surface area contributed by atoms with E-state index >= 15 is 0 Å². The molecule has 2 heterocycles. The Morgan fingerprint density at radius 2 is 2.04 bits per heavy atom. The molecule has 0 fully saturated rings. The van der Waals surface area contributed by atoms with Gasteiger partial charge in [0.25, 0.3) is 5.91 Å². The van der Waals surface area contributed by atoms with Gasteiger partial charge in [0.2, 0.25) is 0 Å². The lowest BCUT2D eigenvalue weighted by atomic mass is 10.1. The van der Waals surface area contributed by atoms with Gasteiger partial charge in [-0.25, -0.2) is 9.59 Å². The Kier molecular flexibility index (Phi) is 4.43. The third-order valence-electron chi connectivity index (χ3n) is 3.32. The zero-order valence-corrected chi connectivity index (χ0v) is 13.5. The van der Waals surface area contributed by atoms with Gasteiger partial charge in [0.1, 0.15) is 11.1 Å². The number of fused-ring (bicyclic) bond motifs is 1. The molecule has 0 atom stereocenters. The topological polar surface area (TPSA) is 85.6 Å². The summed E-state index contributed by atoms with van der Waals surface area (Å²) < 4.78 is 9.79. The molecule has 7 heteroatoms. The average molecular weight is 343 g/mol. The predicted octanol–water partition coefficient (Wildman–Crippen LogP) is 3.41. The molecule has 0 aliphatic carbocycles. The summed E-state index contributed by atoms with van der Waals surface area (Å²) in [6, 6.07) is 8.72. The lowest BCUT2D eigenvalue weighted by Gasteiger charge is -2.05. The van der Waals surface area contributed by atoms with Crippen LogP contribution in [0.3, 0.4) is 0 Å². The van der Waals surface area contributed by atoms with E-state index in [4.69, 9.17) is 4.42 Å². The first kappa shape index (κ1) is 15.9. The number of amides is 2. The third kappa shape index (κ3) is 3.21. The van der Waals surface area contributed by atoms with E-state index in [0.29, 0.717) is 11.0 Å². The van der Waals surface area contributed by atoms with Gasteiger partial charge in [0.15, 0.2) is 0 Å². The van der Waals surface area contributed by atoms with Crippen LogP contribution in [0, 0.1) is 0 Å². The molecule has 0 bridgehead atoms. The molecular weight excluding hydrogens is 330 g/mol. The predicted molar refractivity (Wildman–Crippen MR) is 90.3 cm³/mol. The Morgan fingerprint density at radius 1 is 1.21 bits per heavy atom. The van der Waals surface area contributed by atoms with Crippen LogP contribution >= 0.6 is 11.3 Å². The molecule has 3 rings (SSSR count). The maximum Gasteiger partial charge on any atom is 0.414 e. The van der Waals surface area contributed by atoms with Gasteiger partial charge in [-0.1, -0.05) is 6.07 Å². The number of hydrogen-bond acceptors (Lipinski definition) is 6. The van der Waals surface area contributed by atoms with Crippen molar-refractivity contribution in [3.05, 3.63) is 57.1 Å². The highest BCUT2D eigenvalue weighted by Gasteiger charge is 2.17. The summed E-state index contributed by atoms with van der Waals surface area (Å²) in [5.41, 5.74) is 1.28. The van der Waals surface area contributed by atoms with E-state index in [2.05, 4.69) is 4.74 Å². The van der Waals surface area contributed by atoms with Crippen molar-refractivity contribution in [2.45, 2.75) is 6.92 Å². The Hall–Kier alpha value is -2.93. The van der Waals surface area contributed by atoms with Crippen molar-refractivity contribution in [1.29, 1.82) is 0 Å². The van der Waals surface area contributed by atoms with Gasteiger partial charge in [0.05, 0.1) is 6.61 Å². The molecular formula is C17H13NO5S. The zero-order chi connectivity index (χ0) is 17.1. The van der Waals surface area contributed by atoms with Crippen LogP contribution in [0.5, 0.6) is 0 Å². The van der Waals surface area contributed by atoms with Gasteiger partial charge in [-0.2, -0.15) is 11.3 Å². The molecule has 122 valence electrons. The summed E-state index contributed by atoms with van der Waals surface area (Å²) in [6.07, 6.45) is -0.908.